The molecular weight excluding hydrogens is 310 g/mol. The molecule has 24 heavy (non-hydrogen) atoms. The first-order chi connectivity index (χ1) is 11.1. The number of hydrogen-bond donors (Lipinski definition) is 1. The lowest BCUT2D eigenvalue weighted by molar-refractivity contribution is 0.0203. The summed E-state index contributed by atoms with van der Waals surface area (Å²) in [5.74, 6) is -0.796. The Morgan fingerprint density at radius 2 is 1.88 bits per heavy atom. The van der Waals surface area contributed by atoms with E-state index in [4.69, 9.17) is 4.74 Å². The van der Waals surface area contributed by atoms with E-state index in [1.165, 1.54) is 0 Å². The first-order valence-electron chi connectivity index (χ1n) is 8.39. The van der Waals surface area contributed by atoms with Crippen LogP contribution in [0.25, 0.3) is 0 Å². The molecule has 134 valence electrons. The van der Waals surface area contributed by atoms with Gasteiger partial charge in [0, 0.05) is 25.0 Å². The number of hydrogen-bond acceptors (Lipinski definition) is 4. The monoisotopic (exact) mass is 337 g/mol. The second-order valence-corrected chi connectivity index (χ2v) is 7.54. The third-order valence-corrected chi connectivity index (χ3v) is 4.03. The molecule has 0 spiro atoms. The summed E-state index contributed by atoms with van der Waals surface area (Å²) in [7, 11) is 0. The maximum absolute atomic E-state index is 12.1. The Kier molecular flexibility index (Phi) is 5.20. The highest BCUT2D eigenvalue weighted by atomic mass is 16.6. The second kappa shape index (κ2) is 6.83. The van der Waals surface area contributed by atoms with Gasteiger partial charge in [-0.2, -0.15) is 5.10 Å². The van der Waals surface area contributed by atoms with Gasteiger partial charge < -0.3 is 14.7 Å². The lowest BCUT2D eigenvalue weighted by Crippen LogP contribution is -2.41. The summed E-state index contributed by atoms with van der Waals surface area (Å²) < 4.78 is 6.95. The minimum Gasteiger partial charge on any atom is -0.477 e. The van der Waals surface area contributed by atoms with Gasteiger partial charge in [0.15, 0.2) is 0 Å². The molecular formula is C17H27N3O4. The lowest BCUT2D eigenvalue weighted by atomic mass is 9.93. The number of piperidine rings is 1. The Bertz CT molecular complexity index is 608. The first-order valence-corrected chi connectivity index (χ1v) is 8.39. The molecule has 1 amide bonds. The van der Waals surface area contributed by atoms with Crippen LogP contribution in [0.4, 0.5) is 4.79 Å². The highest BCUT2D eigenvalue weighted by molar-refractivity contribution is 5.85. The van der Waals surface area contributed by atoms with Crippen molar-refractivity contribution in [2.45, 2.75) is 65.0 Å². The highest BCUT2D eigenvalue weighted by Crippen LogP contribution is 2.29. The van der Waals surface area contributed by atoms with Crippen LogP contribution in [0.15, 0.2) is 6.07 Å². The van der Waals surface area contributed by atoms with E-state index in [-0.39, 0.29) is 23.7 Å². The number of carbonyl (C=O) groups excluding carboxylic acids is 1. The van der Waals surface area contributed by atoms with Gasteiger partial charge in [-0.1, -0.05) is 0 Å². The predicted molar refractivity (Wildman–Crippen MR) is 89.4 cm³/mol. The summed E-state index contributed by atoms with van der Waals surface area (Å²) in [6.45, 7) is 10.6. The van der Waals surface area contributed by atoms with Gasteiger partial charge in [-0.15, -0.1) is 0 Å². The fraction of sp³-hybridized carbons (Fsp3) is 0.706. The third-order valence-electron chi connectivity index (χ3n) is 4.03. The number of carbonyl (C=O) groups is 2. The van der Waals surface area contributed by atoms with Crippen molar-refractivity contribution >= 4 is 12.1 Å². The number of carboxylic acid groups (broad SMARTS) is 1. The van der Waals surface area contributed by atoms with E-state index in [1.807, 2.05) is 34.6 Å². The van der Waals surface area contributed by atoms with Crippen molar-refractivity contribution in [3.8, 4) is 0 Å². The van der Waals surface area contributed by atoms with Crippen molar-refractivity contribution < 1.29 is 19.4 Å². The van der Waals surface area contributed by atoms with Gasteiger partial charge in [-0.05, 0) is 53.5 Å². The van der Waals surface area contributed by atoms with Crippen molar-refractivity contribution in [3.63, 3.8) is 0 Å². The molecule has 0 aliphatic carbocycles. The number of ether oxygens (including phenoxy) is 1. The van der Waals surface area contributed by atoms with E-state index < -0.39 is 11.6 Å². The Morgan fingerprint density at radius 3 is 2.29 bits per heavy atom. The van der Waals surface area contributed by atoms with Crippen molar-refractivity contribution in [1.82, 2.24) is 14.7 Å². The first kappa shape index (κ1) is 18.3. The topological polar surface area (TPSA) is 84.7 Å². The Labute approximate surface area is 142 Å². The fourth-order valence-corrected chi connectivity index (χ4v) is 2.85. The minimum absolute atomic E-state index is 0.00768. The summed E-state index contributed by atoms with van der Waals surface area (Å²) in [5, 5.41) is 13.8. The lowest BCUT2D eigenvalue weighted by Gasteiger charge is -2.32. The van der Waals surface area contributed by atoms with Crippen LogP contribution in [0.3, 0.4) is 0 Å². The van der Waals surface area contributed by atoms with Crippen molar-refractivity contribution in [1.29, 1.82) is 0 Å². The molecule has 1 aromatic heterocycles. The molecule has 7 heteroatoms. The normalized spacial score (nSPS) is 16.5. The SMILES string of the molecule is CC(C)n1nc(C2CCN(C(=O)OC(C)(C)C)CC2)cc1C(=O)O. The van der Waals surface area contributed by atoms with Crippen LogP contribution >= 0.6 is 0 Å². The van der Waals surface area contributed by atoms with Crippen LogP contribution in [0.2, 0.25) is 0 Å². The molecule has 1 fully saturated rings. The Hall–Kier alpha value is -2.05. The summed E-state index contributed by atoms with van der Waals surface area (Å²) in [5.41, 5.74) is 0.514. The molecule has 1 aromatic rings. The van der Waals surface area contributed by atoms with Crippen molar-refractivity contribution in [3.05, 3.63) is 17.5 Å². The van der Waals surface area contributed by atoms with Crippen molar-refractivity contribution in [2.75, 3.05) is 13.1 Å². The zero-order chi connectivity index (χ0) is 18.1. The highest BCUT2D eigenvalue weighted by Gasteiger charge is 2.29. The smallest absolute Gasteiger partial charge is 0.410 e. The van der Waals surface area contributed by atoms with E-state index >= 15 is 0 Å². The molecule has 2 heterocycles. The summed E-state index contributed by atoms with van der Waals surface area (Å²) in [6.07, 6.45) is 1.22. The van der Waals surface area contributed by atoms with Gasteiger partial charge in [-0.3, -0.25) is 4.68 Å². The van der Waals surface area contributed by atoms with Crippen LogP contribution < -0.4 is 0 Å². The third kappa shape index (κ3) is 4.27. The molecule has 0 saturated carbocycles. The standard InChI is InChI=1S/C17H27N3O4/c1-11(2)20-14(15(21)22)10-13(18-20)12-6-8-19(9-7-12)16(23)24-17(3,4)5/h10-12H,6-9H2,1-5H3,(H,21,22). The summed E-state index contributed by atoms with van der Waals surface area (Å²) in [6, 6.07) is 1.66. The van der Waals surface area contributed by atoms with Crippen LogP contribution in [-0.2, 0) is 4.74 Å². The number of nitrogens with zero attached hydrogens (tertiary/aromatic N) is 3. The fourth-order valence-electron chi connectivity index (χ4n) is 2.85. The van der Waals surface area contributed by atoms with Gasteiger partial charge >= 0.3 is 12.1 Å². The second-order valence-electron chi connectivity index (χ2n) is 7.54. The number of aromatic nitrogens is 2. The van der Waals surface area contributed by atoms with Gasteiger partial charge in [0.2, 0.25) is 0 Å². The molecule has 1 aliphatic heterocycles. The van der Waals surface area contributed by atoms with Crippen LogP contribution in [0.1, 0.15) is 75.6 Å². The van der Waals surface area contributed by atoms with Gasteiger partial charge in [0.1, 0.15) is 11.3 Å². The molecule has 0 atom stereocenters. The van der Waals surface area contributed by atoms with Crippen LogP contribution in [0, 0.1) is 0 Å². The minimum atomic E-state index is -0.964. The molecule has 0 unspecified atom stereocenters. The molecule has 2 rings (SSSR count). The summed E-state index contributed by atoms with van der Waals surface area (Å²) >= 11 is 0. The predicted octanol–water partition coefficient (Wildman–Crippen LogP) is 3.28. The number of amides is 1. The quantitative estimate of drug-likeness (QED) is 0.915. The van der Waals surface area contributed by atoms with Crippen LogP contribution in [-0.4, -0.2) is 50.5 Å². The molecule has 0 bridgehead atoms. The zero-order valence-electron chi connectivity index (χ0n) is 15.1. The van der Waals surface area contributed by atoms with E-state index in [0.717, 1.165) is 18.5 Å². The van der Waals surface area contributed by atoms with E-state index in [2.05, 4.69) is 5.10 Å². The van der Waals surface area contributed by atoms with Crippen molar-refractivity contribution in [2.24, 2.45) is 0 Å². The maximum atomic E-state index is 12.1. The van der Waals surface area contributed by atoms with E-state index in [0.29, 0.717) is 13.1 Å². The molecule has 7 nitrogen and oxygen atoms in total. The molecule has 1 saturated heterocycles. The molecule has 0 radical (unpaired) electrons. The average molecular weight is 337 g/mol. The van der Waals surface area contributed by atoms with Gasteiger partial charge in [0.25, 0.3) is 0 Å². The van der Waals surface area contributed by atoms with Gasteiger partial charge in [-0.25, -0.2) is 9.59 Å². The molecule has 0 aromatic carbocycles. The Morgan fingerprint density at radius 1 is 1.29 bits per heavy atom. The number of aromatic carboxylic acids is 1. The average Bonchev–Trinajstić information content (AvgIpc) is 2.91. The van der Waals surface area contributed by atoms with Gasteiger partial charge in [0.05, 0.1) is 5.69 Å². The number of rotatable bonds is 3. The van der Waals surface area contributed by atoms with Crippen LogP contribution in [0.5, 0.6) is 0 Å². The molecule has 1 N–H and O–H groups in total. The zero-order valence-corrected chi connectivity index (χ0v) is 15.1. The molecule has 1 aliphatic rings. The maximum Gasteiger partial charge on any atom is 0.410 e. The summed E-state index contributed by atoms with van der Waals surface area (Å²) in [4.78, 5) is 25.2. The van der Waals surface area contributed by atoms with E-state index in [1.54, 1.807) is 15.6 Å². The number of carboxylic acids is 1. The Balaban J connectivity index is 2.03. The largest absolute Gasteiger partial charge is 0.477 e. The van der Waals surface area contributed by atoms with E-state index in [9.17, 15) is 14.7 Å². The number of likely N-dealkylation sites (tertiary alicyclic amines) is 1.